The van der Waals surface area contributed by atoms with E-state index in [2.05, 4.69) is 22.0 Å². The molecule has 6 nitrogen and oxygen atoms in total. The Labute approximate surface area is 190 Å². The van der Waals surface area contributed by atoms with Crippen LogP contribution in [-0.2, 0) is 24.2 Å². The third-order valence-electron chi connectivity index (χ3n) is 6.75. The number of Topliss-reactive ketones (excluding diaryl/α,β-unsaturated/α-hetero) is 1. The number of benzene rings is 1. The number of nitrogens with zero attached hydrogens (tertiary/aromatic N) is 2. The second kappa shape index (κ2) is 7.74. The van der Waals surface area contributed by atoms with Crippen molar-refractivity contribution < 1.29 is 14.4 Å². The summed E-state index contributed by atoms with van der Waals surface area (Å²) in [6.07, 6.45) is 1.75. The molecule has 2 aliphatic rings. The number of fused-ring (bicyclic) bond motifs is 1. The average Bonchev–Trinajstić information content (AvgIpc) is 3.45. The van der Waals surface area contributed by atoms with E-state index < -0.39 is 11.6 Å². The molecule has 3 aromatic rings. The molecule has 3 heterocycles. The minimum atomic E-state index is -0.943. The summed E-state index contributed by atoms with van der Waals surface area (Å²) in [5.41, 5.74) is 3.76. The van der Waals surface area contributed by atoms with E-state index in [4.69, 9.17) is 0 Å². The zero-order valence-electron chi connectivity index (χ0n) is 18.2. The number of amides is 3. The second-order valence-electron chi connectivity index (χ2n) is 8.72. The molecule has 32 heavy (non-hydrogen) atoms. The van der Waals surface area contributed by atoms with E-state index >= 15 is 0 Å². The Balaban J connectivity index is 1.35. The van der Waals surface area contributed by atoms with Crippen molar-refractivity contribution in [3.8, 4) is 0 Å². The van der Waals surface area contributed by atoms with Gasteiger partial charge in [-0.1, -0.05) is 30.3 Å². The fraction of sp³-hybridized carbons (Fsp3) is 0.320. The number of hydrogen-bond acceptors (Lipinski definition) is 4. The van der Waals surface area contributed by atoms with Crippen LogP contribution in [0.5, 0.6) is 0 Å². The standard InChI is InChI=1S/C25H25N3O3S/c1-16-12-21(17(2)27(16)14-20-8-5-11-32-20)22(29)15-28-23(30)25(26-24(28)31)10-9-18-6-3-4-7-19(18)13-25/h3-8,11-12H,9-10,13-15H2,1-2H3,(H,26,31). The molecule has 7 heteroatoms. The Bertz CT molecular complexity index is 1230. The molecule has 1 spiro atoms. The zero-order chi connectivity index (χ0) is 22.5. The van der Waals surface area contributed by atoms with Crippen LogP contribution in [0.4, 0.5) is 4.79 Å². The molecule has 1 N–H and O–H groups in total. The van der Waals surface area contributed by atoms with E-state index in [0.717, 1.165) is 28.3 Å². The van der Waals surface area contributed by atoms with Crippen LogP contribution in [0.1, 0.15) is 44.2 Å². The van der Waals surface area contributed by atoms with Gasteiger partial charge in [-0.05, 0) is 55.3 Å². The smallest absolute Gasteiger partial charge is 0.325 e. The molecular weight excluding hydrogens is 422 g/mol. The molecule has 1 fully saturated rings. The van der Waals surface area contributed by atoms with Gasteiger partial charge in [0.15, 0.2) is 5.78 Å². The molecule has 1 aliphatic heterocycles. The van der Waals surface area contributed by atoms with Crippen LogP contribution in [0.15, 0.2) is 47.8 Å². The maximum absolute atomic E-state index is 13.3. The van der Waals surface area contributed by atoms with Gasteiger partial charge >= 0.3 is 6.03 Å². The Morgan fingerprint density at radius 2 is 1.91 bits per heavy atom. The van der Waals surface area contributed by atoms with Crippen LogP contribution in [0.2, 0.25) is 0 Å². The monoisotopic (exact) mass is 447 g/mol. The highest BCUT2D eigenvalue weighted by Crippen LogP contribution is 2.33. The molecule has 0 radical (unpaired) electrons. The predicted octanol–water partition coefficient (Wildman–Crippen LogP) is 3.88. The van der Waals surface area contributed by atoms with Crippen molar-refractivity contribution in [2.75, 3.05) is 6.54 Å². The van der Waals surface area contributed by atoms with Gasteiger partial charge in [0.05, 0.1) is 13.1 Å². The first kappa shape index (κ1) is 20.7. The number of aryl methyl sites for hydroxylation is 2. The number of imide groups is 1. The summed E-state index contributed by atoms with van der Waals surface area (Å²) < 4.78 is 2.10. The summed E-state index contributed by atoms with van der Waals surface area (Å²) in [6.45, 7) is 4.35. The Morgan fingerprint density at radius 3 is 2.66 bits per heavy atom. The Morgan fingerprint density at radius 1 is 1.12 bits per heavy atom. The zero-order valence-corrected chi connectivity index (χ0v) is 19.0. The summed E-state index contributed by atoms with van der Waals surface area (Å²) in [7, 11) is 0. The summed E-state index contributed by atoms with van der Waals surface area (Å²) in [5.74, 6) is -0.509. The summed E-state index contributed by atoms with van der Waals surface area (Å²) in [6, 6.07) is 13.5. The first-order valence-electron chi connectivity index (χ1n) is 10.8. The lowest BCUT2D eigenvalue weighted by Crippen LogP contribution is -2.51. The highest BCUT2D eigenvalue weighted by atomic mass is 32.1. The van der Waals surface area contributed by atoms with Gasteiger partial charge in [-0.2, -0.15) is 0 Å². The first-order chi connectivity index (χ1) is 15.4. The number of nitrogens with one attached hydrogen (secondary N) is 1. The van der Waals surface area contributed by atoms with E-state index in [1.165, 1.54) is 10.4 Å². The minimum absolute atomic E-state index is 0.215. The van der Waals surface area contributed by atoms with Crippen molar-refractivity contribution in [1.82, 2.24) is 14.8 Å². The van der Waals surface area contributed by atoms with Crippen LogP contribution in [0.3, 0.4) is 0 Å². The van der Waals surface area contributed by atoms with Crippen molar-refractivity contribution in [2.45, 2.75) is 45.2 Å². The van der Waals surface area contributed by atoms with Crippen molar-refractivity contribution in [3.05, 3.63) is 80.8 Å². The van der Waals surface area contributed by atoms with Crippen molar-refractivity contribution in [3.63, 3.8) is 0 Å². The molecule has 164 valence electrons. The van der Waals surface area contributed by atoms with Crippen molar-refractivity contribution >= 4 is 29.1 Å². The number of aromatic nitrogens is 1. The fourth-order valence-corrected chi connectivity index (χ4v) is 5.65. The van der Waals surface area contributed by atoms with Crippen LogP contribution in [0, 0.1) is 13.8 Å². The number of ketones is 1. The maximum atomic E-state index is 13.3. The molecule has 1 saturated heterocycles. The van der Waals surface area contributed by atoms with Gasteiger partial charge in [0.1, 0.15) is 5.54 Å². The third-order valence-corrected chi connectivity index (χ3v) is 7.61. The van der Waals surface area contributed by atoms with Crippen LogP contribution < -0.4 is 5.32 Å². The van der Waals surface area contributed by atoms with Gasteiger partial charge in [0.2, 0.25) is 0 Å². The van der Waals surface area contributed by atoms with E-state index in [0.29, 0.717) is 24.9 Å². The van der Waals surface area contributed by atoms with Gasteiger partial charge in [0, 0.05) is 28.2 Å². The normalized spacial score (nSPS) is 20.0. The van der Waals surface area contributed by atoms with Gasteiger partial charge in [-0.25, -0.2) is 4.79 Å². The highest BCUT2D eigenvalue weighted by molar-refractivity contribution is 7.09. The number of carbonyl (C=O) groups is 3. The quantitative estimate of drug-likeness (QED) is 0.477. The maximum Gasteiger partial charge on any atom is 0.325 e. The summed E-state index contributed by atoms with van der Waals surface area (Å²) in [4.78, 5) is 41.5. The number of urea groups is 1. The highest BCUT2D eigenvalue weighted by Gasteiger charge is 2.52. The first-order valence-corrected chi connectivity index (χ1v) is 11.7. The van der Waals surface area contributed by atoms with Gasteiger partial charge in [-0.3, -0.25) is 14.5 Å². The lowest BCUT2D eigenvalue weighted by molar-refractivity contribution is -0.131. The number of rotatable bonds is 5. The van der Waals surface area contributed by atoms with Gasteiger partial charge in [-0.15, -0.1) is 11.3 Å². The Hall–Kier alpha value is -3.19. The van der Waals surface area contributed by atoms with Crippen LogP contribution in [-0.4, -0.2) is 39.3 Å². The van der Waals surface area contributed by atoms with Crippen LogP contribution in [0.25, 0.3) is 0 Å². The molecule has 1 atom stereocenters. The lowest BCUT2D eigenvalue weighted by Gasteiger charge is -2.32. The van der Waals surface area contributed by atoms with Gasteiger partial charge < -0.3 is 9.88 Å². The minimum Gasteiger partial charge on any atom is -0.343 e. The van der Waals surface area contributed by atoms with E-state index in [9.17, 15) is 14.4 Å². The van der Waals surface area contributed by atoms with E-state index in [1.54, 1.807) is 11.3 Å². The number of hydrogen-bond donors (Lipinski definition) is 1. The molecule has 1 aliphatic carbocycles. The second-order valence-corrected chi connectivity index (χ2v) is 9.75. The van der Waals surface area contributed by atoms with E-state index in [-0.39, 0.29) is 18.2 Å². The molecule has 5 rings (SSSR count). The van der Waals surface area contributed by atoms with Crippen molar-refractivity contribution in [2.24, 2.45) is 0 Å². The SMILES string of the molecule is Cc1cc(C(=O)CN2C(=O)NC3(CCc4ccccc4C3)C2=O)c(C)n1Cc1cccs1. The lowest BCUT2D eigenvalue weighted by atomic mass is 9.78. The van der Waals surface area contributed by atoms with Gasteiger partial charge in [0.25, 0.3) is 5.91 Å². The molecule has 0 bridgehead atoms. The molecular formula is C25H25N3O3S. The molecule has 2 aromatic heterocycles. The summed E-state index contributed by atoms with van der Waals surface area (Å²) >= 11 is 1.68. The van der Waals surface area contributed by atoms with E-state index in [1.807, 2.05) is 49.6 Å². The molecule has 1 unspecified atom stereocenters. The number of thiophene rings is 1. The van der Waals surface area contributed by atoms with Crippen molar-refractivity contribution in [1.29, 1.82) is 0 Å². The third kappa shape index (κ3) is 3.37. The molecule has 3 amide bonds. The number of carbonyl (C=O) groups excluding carboxylic acids is 3. The Kier molecular flexibility index (Phi) is 5.01. The average molecular weight is 448 g/mol. The topological polar surface area (TPSA) is 71.4 Å². The van der Waals surface area contributed by atoms with Crippen LogP contribution >= 0.6 is 11.3 Å². The largest absolute Gasteiger partial charge is 0.343 e. The molecule has 1 aromatic carbocycles. The predicted molar refractivity (Wildman–Crippen MR) is 123 cm³/mol. The molecule has 0 saturated carbocycles. The fourth-order valence-electron chi connectivity index (χ4n) is 4.96. The summed E-state index contributed by atoms with van der Waals surface area (Å²) in [5, 5.41) is 4.94.